The quantitative estimate of drug-likeness (QED) is 0.873. The fraction of sp³-hybridized carbons (Fsp3) is 0.588. The van der Waals surface area contributed by atoms with Crippen LogP contribution in [0.4, 0.5) is 9.18 Å². The molecule has 0 radical (unpaired) electrons. The zero-order valence-electron chi connectivity index (χ0n) is 14.3. The number of carbonyl (C=O) groups is 1. The molecule has 5 nitrogen and oxygen atoms in total. The van der Waals surface area contributed by atoms with Gasteiger partial charge in [0.25, 0.3) is 0 Å². The molecule has 0 saturated heterocycles. The first-order valence-corrected chi connectivity index (χ1v) is 7.78. The number of ether oxygens (including phenoxy) is 2. The van der Waals surface area contributed by atoms with Crippen molar-refractivity contribution >= 4 is 6.09 Å². The first-order valence-electron chi connectivity index (χ1n) is 7.78. The Morgan fingerprint density at radius 3 is 2.65 bits per heavy atom. The number of halogens is 1. The van der Waals surface area contributed by atoms with Crippen molar-refractivity contribution in [3.63, 3.8) is 0 Å². The molecule has 2 rings (SSSR count). The van der Waals surface area contributed by atoms with Crippen LogP contribution in [-0.2, 0) is 4.74 Å². The maximum Gasteiger partial charge on any atom is 0.407 e. The fourth-order valence-electron chi connectivity index (χ4n) is 2.36. The van der Waals surface area contributed by atoms with Crippen LogP contribution in [0.15, 0.2) is 18.2 Å². The van der Waals surface area contributed by atoms with Crippen molar-refractivity contribution in [3.05, 3.63) is 29.6 Å². The first kappa shape index (κ1) is 17.5. The van der Waals surface area contributed by atoms with Gasteiger partial charge in [-0.2, -0.15) is 0 Å². The topological polar surface area (TPSA) is 59.6 Å². The van der Waals surface area contributed by atoms with E-state index >= 15 is 0 Å². The Hall–Kier alpha value is -1.82. The van der Waals surface area contributed by atoms with E-state index in [1.807, 2.05) is 27.7 Å². The molecule has 1 fully saturated rings. The van der Waals surface area contributed by atoms with E-state index in [1.54, 1.807) is 12.1 Å². The van der Waals surface area contributed by atoms with E-state index in [0.717, 1.165) is 12.0 Å². The normalized spacial score (nSPS) is 21.5. The average Bonchev–Trinajstić information content (AvgIpc) is 3.14. The van der Waals surface area contributed by atoms with Gasteiger partial charge in [-0.1, -0.05) is 6.07 Å². The molecule has 128 valence electrons. The van der Waals surface area contributed by atoms with Crippen LogP contribution in [0.1, 0.15) is 45.7 Å². The van der Waals surface area contributed by atoms with Gasteiger partial charge in [-0.15, -0.1) is 0 Å². The summed E-state index contributed by atoms with van der Waals surface area (Å²) in [5, 5.41) is 6.25. The van der Waals surface area contributed by atoms with Crippen LogP contribution >= 0.6 is 0 Å². The minimum atomic E-state index is -0.500. The molecule has 2 N–H and O–H groups in total. The average molecular weight is 324 g/mol. The minimum absolute atomic E-state index is 0.0277. The summed E-state index contributed by atoms with van der Waals surface area (Å²) in [6.45, 7) is 7.49. The first-order chi connectivity index (χ1) is 10.7. The molecule has 1 saturated carbocycles. The predicted octanol–water partition coefficient (Wildman–Crippen LogP) is 3.15. The number of nitrogens with one attached hydrogen (secondary N) is 2. The molecule has 0 spiro atoms. The summed E-state index contributed by atoms with van der Waals surface area (Å²) in [7, 11) is 1.45. The van der Waals surface area contributed by atoms with Crippen molar-refractivity contribution in [2.75, 3.05) is 7.11 Å². The van der Waals surface area contributed by atoms with Gasteiger partial charge in [0.05, 0.1) is 7.11 Å². The largest absolute Gasteiger partial charge is 0.494 e. The zero-order valence-corrected chi connectivity index (χ0v) is 14.3. The molecule has 0 bridgehead atoms. The Bertz CT molecular complexity index is 571. The molecule has 1 aromatic rings. The van der Waals surface area contributed by atoms with Crippen LogP contribution in [0.2, 0.25) is 0 Å². The summed E-state index contributed by atoms with van der Waals surface area (Å²) in [6.07, 6.45) is 0.449. The number of hydrogen-bond acceptors (Lipinski definition) is 4. The lowest BCUT2D eigenvalue weighted by Crippen LogP contribution is -2.37. The van der Waals surface area contributed by atoms with E-state index in [2.05, 4.69) is 10.6 Å². The van der Waals surface area contributed by atoms with Gasteiger partial charge in [-0.3, -0.25) is 0 Å². The highest BCUT2D eigenvalue weighted by molar-refractivity contribution is 5.68. The number of alkyl carbamates (subject to hydrolysis) is 1. The standard InChI is InChI=1S/C17H25FN2O3/c1-10(11-6-7-12(18)15(8-11)22-5)19-13-9-14(13)20-16(21)23-17(2,3)4/h6-8,10,13-14,19H,9H2,1-5H3,(H,20,21). The Balaban J connectivity index is 1.84. The van der Waals surface area contributed by atoms with E-state index in [4.69, 9.17) is 9.47 Å². The summed E-state index contributed by atoms with van der Waals surface area (Å²) < 4.78 is 23.7. The van der Waals surface area contributed by atoms with Crippen molar-refractivity contribution in [2.24, 2.45) is 0 Å². The van der Waals surface area contributed by atoms with E-state index in [-0.39, 0.29) is 29.7 Å². The van der Waals surface area contributed by atoms with Gasteiger partial charge >= 0.3 is 6.09 Å². The number of carbonyl (C=O) groups excluding carboxylic acids is 1. The van der Waals surface area contributed by atoms with Crippen LogP contribution < -0.4 is 15.4 Å². The molecular formula is C17H25FN2O3. The highest BCUT2D eigenvalue weighted by atomic mass is 19.1. The van der Waals surface area contributed by atoms with Crippen molar-refractivity contribution in [1.29, 1.82) is 0 Å². The summed E-state index contributed by atoms with van der Waals surface area (Å²) >= 11 is 0. The van der Waals surface area contributed by atoms with E-state index in [9.17, 15) is 9.18 Å². The second kappa shape index (κ2) is 6.74. The monoisotopic (exact) mass is 324 g/mol. The maximum absolute atomic E-state index is 13.4. The third kappa shape index (κ3) is 5.10. The molecule has 3 atom stereocenters. The second-order valence-electron chi connectivity index (χ2n) is 6.88. The second-order valence-corrected chi connectivity index (χ2v) is 6.88. The molecule has 1 aliphatic rings. The van der Waals surface area contributed by atoms with Crippen LogP contribution in [0.25, 0.3) is 0 Å². The maximum atomic E-state index is 13.4. The number of hydrogen-bond donors (Lipinski definition) is 2. The number of rotatable bonds is 5. The Morgan fingerprint density at radius 1 is 1.35 bits per heavy atom. The Kier molecular flexibility index (Phi) is 5.14. The van der Waals surface area contributed by atoms with Crippen LogP contribution in [0.5, 0.6) is 5.75 Å². The molecule has 1 amide bonds. The SMILES string of the molecule is COc1cc(C(C)NC2CC2NC(=O)OC(C)(C)C)ccc1F. The molecule has 6 heteroatoms. The molecule has 0 heterocycles. The Morgan fingerprint density at radius 2 is 2.04 bits per heavy atom. The lowest BCUT2D eigenvalue weighted by atomic mass is 10.1. The number of amides is 1. The van der Waals surface area contributed by atoms with Crippen LogP contribution in [0.3, 0.4) is 0 Å². The predicted molar refractivity (Wildman–Crippen MR) is 86.1 cm³/mol. The summed E-state index contributed by atoms with van der Waals surface area (Å²) in [6, 6.07) is 5.10. The minimum Gasteiger partial charge on any atom is -0.494 e. The molecule has 3 unspecified atom stereocenters. The van der Waals surface area contributed by atoms with Gasteiger partial charge in [0.2, 0.25) is 0 Å². The molecule has 23 heavy (non-hydrogen) atoms. The lowest BCUT2D eigenvalue weighted by Gasteiger charge is -2.20. The van der Waals surface area contributed by atoms with Gasteiger partial charge in [0, 0.05) is 18.1 Å². The van der Waals surface area contributed by atoms with Gasteiger partial charge in [0.1, 0.15) is 5.60 Å². The van der Waals surface area contributed by atoms with E-state index < -0.39 is 11.7 Å². The fourth-order valence-corrected chi connectivity index (χ4v) is 2.36. The number of methoxy groups -OCH3 is 1. The number of benzene rings is 1. The highest BCUT2D eigenvalue weighted by Gasteiger charge is 2.40. The smallest absolute Gasteiger partial charge is 0.407 e. The third-order valence-corrected chi connectivity index (χ3v) is 3.63. The summed E-state index contributed by atoms with van der Waals surface area (Å²) in [5.74, 6) is -0.144. The van der Waals surface area contributed by atoms with Gasteiger partial charge < -0.3 is 20.1 Å². The summed E-state index contributed by atoms with van der Waals surface area (Å²) in [4.78, 5) is 11.7. The molecule has 0 aliphatic heterocycles. The third-order valence-electron chi connectivity index (χ3n) is 3.63. The van der Waals surface area contributed by atoms with Crippen LogP contribution in [-0.4, -0.2) is 30.9 Å². The van der Waals surface area contributed by atoms with Gasteiger partial charge in [-0.25, -0.2) is 9.18 Å². The lowest BCUT2D eigenvalue weighted by molar-refractivity contribution is 0.0522. The van der Waals surface area contributed by atoms with E-state index in [1.165, 1.54) is 13.2 Å². The zero-order chi connectivity index (χ0) is 17.2. The van der Waals surface area contributed by atoms with Crippen LogP contribution in [0, 0.1) is 5.82 Å². The molecule has 1 aromatic carbocycles. The molecule has 0 aromatic heterocycles. The van der Waals surface area contributed by atoms with Crippen molar-refractivity contribution in [2.45, 2.75) is 57.8 Å². The van der Waals surface area contributed by atoms with Gasteiger partial charge in [0.15, 0.2) is 11.6 Å². The molecule has 1 aliphatic carbocycles. The summed E-state index contributed by atoms with van der Waals surface area (Å²) in [5.41, 5.74) is 0.436. The van der Waals surface area contributed by atoms with Gasteiger partial charge in [-0.05, 0) is 51.8 Å². The van der Waals surface area contributed by atoms with Crippen molar-refractivity contribution < 1.29 is 18.7 Å². The van der Waals surface area contributed by atoms with Crippen molar-refractivity contribution in [3.8, 4) is 5.75 Å². The van der Waals surface area contributed by atoms with Crippen molar-refractivity contribution in [1.82, 2.24) is 10.6 Å². The molecular weight excluding hydrogens is 299 g/mol. The Labute approximate surface area is 136 Å². The van der Waals surface area contributed by atoms with E-state index in [0.29, 0.717) is 0 Å². The highest BCUT2D eigenvalue weighted by Crippen LogP contribution is 2.28.